The van der Waals surface area contributed by atoms with Gasteiger partial charge >= 0.3 is 12.2 Å². The molecule has 0 aromatic heterocycles. The van der Waals surface area contributed by atoms with E-state index >= 15 is 0 Å². The molecule has 3 rings (SSSR count). The van der Waals surface area contributed by atoms with Crippen LogP contribution in [0.4, 0.5) is 23.7 Å². The zero-order valence-corrected chi connectivity index (χ0v) is 13.7. The highest BCUT2D eigenvalue weighted by molar-refractivity contribution is 6.23. The quantitative estimate of drug-likeness (QED) is 0.823. The maximum atomic E-state index is 13.1. The van der Waals surface area contributed by atoms with Gasteiger partial charge in [-0.3, -0.25) is 4.79 Å². The van der Waals surface area contributed by atoms with Crippen molar-refractivity contribution in [2.45, 2.75) is 18.6 Å². The molecule has 1 unspecified atom stereocenters. The van der Waals surface area contributed by atoms with Crippen LogP contribution in [0.2, 0.25) is 0 Å². The fourth-order valence-electron chi connectivity index (χ4n) is 2.98. The average molecular weight is 364 g/mol. The monoisotopic (exact) mass is 364 g/mol. The number of hydrogen-bond acceptors (Lipinski definition) is 3. The molecule has 3 amide bonds. The number of amides is 3. The normalized spacial score (nSPS) is 20.4. The van der Waals surface area contributed by atoms with Crippen molar-refractivity contribution in [1.29, 1.82) is 0 Å². The number of nitrogens with zero attached hydrogens (tertiary/aromatic N) is 1. The van der Waals surface area contributed by atoms with E-state index < -0.39 is 35.8 Å². The second kappa shape index (κ2) is 6.14. The van der Waals surface area contributed by atoms with Gasteiger partial charge in [0.15, 0.2) is 5.54 Å². The van der Waals surface area contributed by atoms with Crippen LogP contribution in [0, 0.1) is 6.92 Å². The van der Waals surface area contributed by atoms with Gasteiger partial charge in [-0.2, -0.15) is 13.2 Å². The number of halogens is 3. The topological polar surface area (TPSA) is 69.6 Å². The van der Waals surface area contributed by atoms with E-state index in [4.69, 9.17) is 0 Å². The molecule has 1 atom stereocenters. The van der Waals surface area contributed by atoms with Crippen LogP contribution in [0.3, 0.4) is 0 Å². The molecule has 1 aliphatic rings. The molecule has 8 heteroatoms. The van der Waals surface area contributed by atoms with Gasteiger partial charge in [-0.05, 0) is 30.2 Å². The average Bonchev–Trinajstić information content (AvgIpc) is 2.86. The zero-order valence-electron chi connectivity index (χ0n) is 13.7. The molecule has 2 N–H and O–H groups in total. The van der Waals surface area contributed by atoms with Gasteiger partial charge < -0.3 is 10.4 Å². The van der Waals surface area contributed by atoms with Gasteiger partial charge in [0.05, 0.1) is 17.9 Å². The van der Waals surface area contributed by atoms with Crippen LogP contribution in [0.1, 0.15) is 16.7 Å². The molecule has 0 aliphatic carbocycles. The first-order valence-corrected chi connectivity index (χ1v) is 7.71. The molecule has 2 aromatic rings. The predicted molar refractivity (Wildman–Crippen MR) is 87.4 cm³/mol. The van der Waals surface area contributed by atoms with Gasteiger partial charge in [0.2, 0.25) is 0 Å². The summed E-state index contributed by atoms with van der Waals surface area (Å²) in [7, 11) is 0. The summed E-state index contributed by atoms with van der Waals surface area (Å²) in [6.07, 6.45) is -4.62. The Morgan fingerprint density at radius 1 is 1.12 bits per heavy atom. The lowest BCUT2D eigenvalue weighted by atomic mass is 9.90. The van der Waals surface area contributed by atoms with E-state index in [0.29, 0.717) is 10.5 Å². The van der Waals surface area contributed by atoms with E-state index in [9.17, 15) is 27.9 Å². The van der Waals surface area contributed by atoms with Gasteiger partial charge in [0.1, 0.15) is 0 Å². The Bertz CT molecular complexity index is 868. The first-order chi connectivity index (χ1) is 12.2. The van der Waals surface area contributed by atoms with Crippen molar-refractivity contribution in [3.05, 3.63) is 65.2 Å². The molecule has 0 bridgehead atoms. The molecular formula is C18H15F3N2O3. The van der Waals surface area contributed by atoms with Crippen molar-refractivity contribution in [3.8, 4) is 0 Å². The molecular weight excluding hydrogens is 349 g/mol. The number of urea groups is 1. The van der Waals surface area contributed by atoms with Gasteiger partial charge in [-0.15, -0.1) is 0 Å². The van der Waals surface area contributed by atoms with Crippen LogP contribution in [0.25, 0.3) is 0 Å². The van der Waals surface area contributed by atoms with Crippen molar-refractivity contribution < 1.29 is 27.9 Å². The Morgan fingerprint density at radius 2 is 1.77 bits per heavy atom. The summed E-state index contributed by atoms with van der Waals surface area (Å²) >= 11 is 0. The molecule has 136 valence electrons. The van der Waals surface area contributed by atoms with Crippen LogP contribution < -0.4 is 10.2 Å². The standard InChI is InChI=1S/C18H15F3N2O3/c1-11-7-8-13(9-14(11)18(19,20)21)23-15(25)17(10-24,22-16(23)26)12-5-3-2-4-6-12/h2-9,24H,10H2,1H3,(H,22,26). The minimum absolute atomic E-state index is 0.0233. The number of carbonyl (C=O) groups is 2. The number of aliphatic hydroxyl groups excluding tert-OH is 1. The lowest BCUT2D eigenvalue weighted by Crippen LogP contribution is -2.47. The van der Waals surface area contributed by atoms with Crippen LogP contribution in [0.15, 0.2) is 48.5 Å². The van der Waals surface area contributed by atoms with Crippen LogP contribution in [0.5, 0.6) is 0 Å². The summed E-state index contributed by atoms with van der Waals surface area (Å²) < 4.78 is 39.4. The van der Waals surface area contributed by atoms with Gasteiger partial charge in [0.25, 0.3) is 5.91 Å². The molecule has 2 aromatic carbocycles. The third-order valence-electron chi connectivity index (χ3n) is 4.38. The first-order valence-electron chi connectivity index (χ1n) is 7.71. The van der Waals surface area contributed by atoms with E-state index in [1.165, 1.54) is 19.1 Å². The first kappa shape index (κ1) is 17.9. The molecule has 1 fully saturated rings. The Hall–Kier alpha value is -2.87. The maximum Gasteiger partial charge on any atom is 0.416 e. The number of alkyl halides is 3. The van der Waals surface area contributed by atoms with Crippen LogP contribution in [-0.2, 0) is 16.5 Å². The Morgan fingerprint density at radius 3 is 2.35 bits per heavy atom. The number of nitrogens with one attached hydrogen (secondary N) is 1. The highest BCUT2D eigenvalue weighted by Crippen LogP contribution is 2.37. The van der Waals surface area contributed by atoms with Crippen molar-refractivity contribution in [3.63, 3.8) is 0 Å². The SMILES string of the molecule is Cc1ccc(N2C(=O)NC(CO)(c3ccccc3)C2=O)cc1C(F)(F)F. The minimum Gasteiger partial charge on any atom is -0.393 e. The van der Waals surface area contributed by atoms with Gasteiger partial charge in [-0.25, -0.2) is 9.69 Å². The fourth-order valence-corrected chi connectivity index (χ4v) is 2.98. The molecule has 1 heterocycles. The molecule has 1 aliphatic heterocycles. The summed E-state index contributed by atoms with van der Waals surface area (Å²) in [6, 6.07) is 10.4. The Labute approximate surface area is 147 Å². The third kappa shape index (κ3) is 2.72. The number of imide groups is 1. The highest BCUT2D eigenvalue weighted by Gasteiger charge is 2.53. The molecule has 0 saturated carbocycles. The fraction of sp³-hybridized carbons (Fsp3) is 0.222. The van der Waals surface area contributed by atoms with E-state index in [1.54, 1.807) is 30.3 Å². The summed E-state index contributed by atoms with van der Waals surface area (Å²) in [5.74, 6) is -0.840. The Balaban J connectivity index is 2.08. The van der Waals surface area contributed by atoms with Crippen LogP contribution in [-0.4, -0.2) is 23.7 Å². The van der Waals surface area contributed by atoms with Gasteiger partial charge in [0, 0.05) is 0 Å². The summed E-state index contributed by atoms with van der Waals surface area (Å²) in [4.78, 5) is 25.9. The smallest absolute Gasteiger partial charge is 0.393 e. The van der Waals surface area contributed by atoms with Gasteiger partial charge in [-0.1, -0.05) is 36.4 Å². The molecule has 26 heavy (non-hydrogen) atoms. The number of aryl methyl sites for hydroxylation is 1. The van der Waals surface area contributed by atoms with Crippen molar-refractivity contribution in [2.75, 3.05) is 11.5 Å². The summed E-state index contributed by atoms with van der Waals surface area (Å²) in [5, 5.41) is 12.2. The highest BCUT2D eigenvalue weighted by atomic mass is 19.4. The van der Waals surface area contributed by atoms with Crippen LogP contribution >= 0.6 is 0 Å². The second-order valence-electron chi connectivity index (χ2n) is 6.00. The van der Waals surface area contributed by atoms with Crippen molar-refractivity contribution in [1.82, 2.24) is 5.32 Å². The van der Waals surface area contributed by atoms with E-state index in [-0.39, 0.29) is 11.3 Å². The lowest BCUT2D eigenvalue weighted by Gasteiger charge is -2.25. The lowest BCUT2D eigenvalue weighted by molar-refractivity contribution is -0.138. The van der Waals surface area contributed by atoms with Crippen molar-refractivity contribution >= 4 is 17.6 Å². The molecule has 0 radical (unpaired) electrons. The largest absolute Gasteiger partial charge is 0.416 e. The third-order valence-corrected chi connectivity index (χ3v) is 4.38. The number of hydrogen-bond donors (Lipinski definition) is 2. The van der Waals surface area contributed by atoms with E-state index in [2.05, 4.69) is 5.32 Å². The summed E-state index contributed by atoms with van der Waals surface area (Å²) in [5.41, 5.74) is -2.56. The predicted octanol–water partition coefficient (Wildman–Crippen LogP) is 2.96. The number of aliphatic hydroxyl groups is 1. The number of rotatable bonds is 3. The molecule has 5 nitrogen and oxygen atoms in total. The number of benzene rings is 2. The summed E-state index contributed by atoms with van der Waals surface area (Å²) in [6.45, 7) is 0.566. The van der Waals surface area contributed by atoms with E-state index in [1.807, 2.05) is 0 Å². The minimum atomic E-state index is -4.62. The van der Waals surface area contributed by atoms with E-state index in [0.717, 1.165) is 6.07 Å². The molecule has 1 saturated heterocycles. The number of anilines is 1. The number of carbonyl (C=O) groups excluding carboxylic acids is 2. The molecule has 0 spiro atoms. The maximum absolute atomic E-state index is 13.1. The second-order valence-corrected chi connectivity index (χ2v) is 6.00. The Kier molecular flexibility index (Phi) is 4.23. The van der Waals surface area contributed by atoms with Crippen molar-refractivity contribution in [2.24, 2.45) is 0 Å². The zero-order chi connectivity index (χ0) is 19.1.